The van der Waals surface area contributed by atoms with Crippen LogP contribution in [0.3, 0.4) is 0 Å². The number of carbonyl (C=O) groups is 3. The van der Waals surface area contributed by atoms with Gasteiger partial charge in [-0.3, -0.25) is 14.4 Å². The molecule has 25 heavy (non-hydrogen) atoms. The minimum absolute atomic E-state index is 0.0190. The van der Waals surface area contributed by atoms with Gasteiger partial charge in [-0.25, -0.2) is 0 Å². The quantitative estimate of drug-likeness (QED) is 0.509. The van der Waals surface area contributed by atoms with Gasteiger partial charge in [-0.15, -0.1) is 11.3 Å². The lowest BCUT2D eigenvalue weighted by atomic mass is 10.2. The van der Waals surface area contributed by atoms with E-state index in [2.05, 4.69) is 0 Å². The highest BCUT2D eigenvalue weighted by molar-refractivity contribution is 7.12. The number of benzene rings is 1. The summed E-state index contributed by atoms with van der Waals surface area (Å²) in [5.41, 5.74) is 1.02. The molecule has 0 bridgehead atoms. The van der Waals surface area contributed by atoms with Crippen molar-refractivity contribution in [3.05, 3.63) is 58.3 Å². The van der Waals surface area contributed by atoms with E-state index in [1.807, 2.05) is 42.6 Å². The van der Waals surface area contributed by atoms with Crippen molar-refractivity contribution in [3.8, 4) is 0 Å². The van der Waals surface area contributed by atoms with Crippen molar-refractivity contribution in [1.29, 1.82) is 0 Å². The fraction of sp³-hybridized carbons (Fsp3) is 0.316. The van der Waals surface area contributed by atoms with E-state index in [-0.39, 0.29) is 31.1 Å². The van der Waals surface area contributed by atoms with Crippen molar-refractivity contribution >= 4 is 29.0 Å². The Labute approximate surface area is 151 Å². The Bertz CT molecular complexity index is 697. The molecule has 0 saturated heterocycles. The number of thiophene rings is 1. The second-order valence-electron chi connectivity index (χ2n) is 5.45. The minimum Gasteiger partial charge on any atom is -0.456 e. The number of hydrogen-bond acceptors (Lipinski definition) is 5. The second kappa shape index (κ2) is 9.74. The van der Waals surface area contributed by atoms with Crippen LogP contribution in [0.2, 0.25) is 0 Å². The van der Waals surface area contributed by atoms with E-state index < -0.39 is 5.97 Å². The van der Waals surface area contributed by atoms with Crippen LogP contribution in [0.4, 0.5) is 0 Å². The van der Waals surface area contributed by atoms with Gasteiger partial charge >= 0.3 is 5.97 Å². The molecule has 1 aromatic carbocycles. The summed E-state index contributed by atoms with van der Waals surface area (Å²) >= 11 is 1.35. The lowest BCUT2D eigenvalue weighted by Gasteiger charge is -2.20. The summed E-state index contributed by atoms with van der Waals surface area (Å²) in [6, 6.07) is 13.2. The van der Waals surface area contributed by atoms with Gasteiger partial charge in [0.25, 0.3) is 5.91 Å². The molecule has 1 heterocycles. The molecule has 0 spiro atoms. The number of Topliss-reactive ketones (excluding diaryl/α,β-unsaturated/α-hetero) is 1. The van der Waals surface area contributed by atoms with Gasteiger partial charge in [-0.2, -0.15) is 0 Å². The number of nitrogens with zero attached hydrogens (tertiary/aromatic N) is 1. The Balaban J connectivity index is 1.74. The van der Waals surface area contributed by atoms with Crippen LogP contribution in [-0.4, -0.2) is 35.7 Å². The van der Waals surface area contributed by atoms with Crippen molar-refractivity contribution in [2.24, 2.45) is 0 Å². The van der Waals surface area contributed by atoms with Gasteiger partial charge in [0.1, 0.15) is 0 Å². The molecule has 5 nitrogen and oxygen atoms in total. The molecule has 0 saturated carbocycles. The molecule has 0 fully saturated rings. The third kappa shape index (κ3) is 6.15. The maximum Gasteiger partial charge on any atom is 0.306 e. The average molecular weight is 359 g/mol. The van der Waals surface area contributed by atoms with Gasteiger partial charge in [0, 0.05) is 19.5 Å². The zero-order valence-corrected chi connectivity index (χ0v) is 15.0. The molecule has 1 aromatic heterocycles. The lowest BCUT2D eigenvalue weighted by Crippen LogP contribution is -2.34. The summed E-state index contributed by atoms with van der Waals surface area (Å²) in [5.74, 6) is -0.865. The van der Waals surface area contributed by atoms with Crippen LogP contribution in [0.25, 0.3) is 0 Å². The molecule has 132 valence electrons. The number of amides is 1. The Kier molecular flexibility index (Phi) is 7.35. The first-order valence-corrected chi connectivity index (χ1v) is 9.02. The van der Waals surface area contributed by atoms with Gasteiger partial charge in [-0.05, 0) is 23.9 Å². The van der Waals surface area contributed by atoms with E-state index in [9.17, 15) is 14.4 Å². The van der Waals surface area contributed by atoms with E-state index >= 15 is 0 Å². The molecule has 2 rings (SSSR count). The highest BCUT2D eigenvalue weighted by Gasteiger charge is 2.16. The largest absolute Gasteiger partial charge is 0.456 e. The Hall–Kier alpha value is -2.47. The normalized spacial score (nSPS) is 10.3. The summed E-state index contributed by atoms with van der Waals surface area (Å²) in [7, 11) is 0. The number of likely N-dealkylation sites (N-methyl/N-ethyl adjacent to an activating group) is 1. The summed E-state index contributed by atoms with van der Waals surface area (Å²) < 4.78 is 5.01. The SMILES string of the molecule is CCN(Cc1ccccc1)C(=O)COC(=O)CCC(=O)c1cccs1. The van der Waals surface area contributed by atoms with Crippen LogP contribution >= 0.6 is 11.3 Å². The first-order valence-electron chi connectivity index (χ1n) is 8.14. The predicted octanol–water partition coefficient (Wildman–Crippen LogP) is 3.30. The summed E-state index contributed by atoms with van der Waals surface area (Å²) in [6.07, 6.45) is 0.0733. The molecular weight excluding hydrogens is 338 g/mol. The highest BCUT2D eigenvalue weighted by atomic mass is 32.1. The van der Waals surface area contributed by atoms with Gasteiger partial charge in [0.05, 0.1) is 11.3 Å². The summed E-state index contributed by atoms with van der Waals surface area (Å²) in [5, 5.41) is 1.82. The molecule has 0 aliphatic heterocycles. The first-order chi connectivity index (χ1) is 12.1. The third-order valence-electron chi connectivity index (χ3n) is 3.66. The van der Waals surface area contributed by atoms with Gasteiger partial charge in [0.2, 0.25) is 0 Å². The Morgan fingerprint density at radius 2 is 1.80 bits per heavy atom. The zero-order chi connectivity index (χ0) is 18.1. The third-order valence-corrected chi connectivity index (χ3v) is 4.57. The van der Waals surface area contributed by atoms with Crippen LogP contribution in [-0.2, 0) is 20.9 Å². The fourth-order valence-corrected chi connectivity index (χ4v) is 2.96. The van der Waals surface area contributed by atoms with E-state index in [4.69, 9.17) is 4.74 Å². The van der Waals surface area contributed by atoms with Gasteiger partial charge in [-0.1, -0.05) is 36.4 Å². The smallest absolute Gasteiger partial charge is 0.306 e. The molecule has 0 radical (unpaired) electrons. The van der Waals surface area contributed by atoms with Crippen LogP contribution in [0.15, 0.2) is 47.8 Å². The maximum absolute atomic E-state index is 12.2. The van der Waals surface area contributed by atoms with Crippen molar-refractivity contribution in [2.75, 3.05) is 13.2 Å². The molecule has 6 heteroatoms. The number of esters is 1. The number of hydrogen-bond donors (Lipinski definition) is 0. The minimum atomic E-state index is -0.533. The van der Waals surface area contributed by atoms with Crippen LogP contribution < -0.4 is 0 Å². The number of carbonyl (C=O) groups excluding carboxylic acids is 3. The predicted molar refractivity (Wildman–Crippen MR) is 96.4 cm³/mol. The van der Waals surface area contributed by atoms with Gasteiger partial charge in [0.15, 0.2) is 12.4 Å². The molecule has 0 aliphatic carbocycles. The summed E-state index contributed by atoms with van der Waals surface area (Å²) in [6.45, 7) is 2.59. The second-order valence-corrected chi connectivity index (χ2v) is 6.40. The topological polar surface area (TPSA) is 63.7 Å². The monoisotopic (exact) mass is 359 g/mol. The average Bonchev–Trinajstić information content (AvgIpc) is 3.17. The molecule has 0 atom stereocenters. The van der Waals surface area contributed by atoms with Crippen molar-refractivity contribution in [1.82, 2.24) is 4.90 Å². The van der Waals surface area contributed by atoms with Gasteiger partial charge < -0.3 is 9.64 Å². The molecule has 0 unspecified atom stereocenters. The Morgan fingerprint density at radius 1 is 1.04 bits per heavy atom. The van der Waals surface area contributed by atoms with E-state index in [0.29, 0.717) is 18.0 Å². The molecule has 0 N–H and O–H groups in total. The highest BCUT2D eigenvalue weighted by Crippen LogP contribution is 2.12. The number of rotatable bonds is 9. The van der Waals surface area contributed by atoms with Crippen molar-refractivity contribution < 1.29 is 19.1 Å². The van der Waals surface area contributed by atoms with Crippen molar-refractivity contribution in [2.45, 2.75) is 26.3 Å². The van der Waals surface area contributed by atoms with Crippen LogP contribution in [0, 0.1) is 0 Å². The zero-order valence-electron chi connectivity index (χ0n) is 14.1. The fourth-order valence-electron chi connectivity index (χ4n) is 2.26. The number of ketones is 1. The summed E-state index contributed by atoms with van der Waals surface area (Å²) in [4.78, 5) is 38.0. The van der Waals surface area contributed by atoms with E-state index in [1.54, 1.807) is 17.0 Å². The Morgan fingerprint density at radius 3 is 2.44 bits per heavy atom. The lowest BCUT2D eigenvalue weighted by molar-refractivity contribution is -0.152. The van der Waals surface area contributed by atoms with E-state index in [0.717, 1.165) is 5.56 Å². The maximum atomic E-state index is 12.2. The molecule has 2 aromatic rings. The molecule has 0 aliphatic rings. The van der Waals surface area contributed by atoms with E-state index in [1.165, 1.54) is 11.3 Å². The first kappa shape index (κ1) is 18.9. The molecule has 1 amide bonds. The molecular formula is C19H21NO4S. The van der Waals surface area contributed by atoms with Crippen molar-refractivity contribution in [3.63, 3.8) is 0 Å². The van der Waals surface area contributed by atoms with Crippen LogP contribution in [0.5, 0.6) is 0 Å². The number of ether oxygens (including phenoxy) is 1. The van der Waals surface area contributed by atoms with Crippen LogP contribution in [0.1, 0.15) is 35.0 Å². The standard InChI is InChI=1S/C19H21NO4S/c1-2-20(13-15-7-4-3-5-8-15)18(22)14-24-19(23)11-10-16(21)17-9-6-12-25-17/h3-9,12H,2,10-11,13-14H2,1H3.